The summed E-state index contributed by atoms with van der Waals surface area (Å²) in [5, 5.41) is 20.9. The van der Waals surface area contributed by atoms with Crippen LogP contribution in [-0.2, 0) is 0 Å². The molecule has 0 unspecified atom stereocenters. The zero-order chi connectivity index (χ0) is 12.6. The van der Waals surface area contributed by atoms with Crippen LogP contribution in [0.3, 0.4) is 0 Å². The third-order valence-corrected chi connectivity index (χ3v) is 6.68. The zero-order valence-electron chi connectivity index (χ0n) is 11.5. The highest BCUT2D eigenvalue weighted by Crippen LogP contribution is 2.74. The largest absolute Gasteiger partial charge is 0.365 e. The normalized spacial score (nSPS) is 54.7. The average Bonchev–Trinajstić information content (AvgIpc) is 2.50. The van der Waals surface area contributed by atoms with Crippen molar-refractivity contribution in [2.75, 3.05) is 0 Å². The van der Waals surface area contributed by atoms with Crippen molar-refractivity contribution in [2.45, 2.75) is 59.2 Å². The van der Waals surface area contributed by atoms with Gasteiger partial charge in [0.2, 0.25) is 0 Å². The van der Waals surface area contributed by atoms with E-state index in [1.165, 1.54) is 19.3 Å². The summed E-state index contributed by atoms with van der Waals surface area (Å²) in [7, 11) is 0. The number of hydrogen-bond acceptors (Lipinski definition) is 2. The second kappa shape index (κ2) is 3.08. The maximum absolute atomic E-state index is 10.5. The Balaban J connectivity index is 2.12. The summed E-state index contributed by atoms with van der Waals surface area (Å²) in [5.74, 6) is 0.514. The Bertz CT molecular complexity index is 347. The van der Waals surface area contributed by atoms with E-state index in [1.807, 2.05) is 0 Å². The quantitative estimate of drug-likeness (QED) is 0.637. The lowest BCUT2D eigenvalue weighted by atomic mass is 9.66. The molecule has 0 aliphatic heterocycles. The van der Waals surface area contributed by atoms with Crippen LogP contribution in [-0.4, -0.2) is 16.0 Å². The van der Waals surface area contributed by atoms with Gasteiger partial charge in [-0.25, -0.2) is 0 Å². The smallest absolute Gasteiger partial charge is 0.166 e. The van der Waals surface area contributed by atoms with Crippen LogP contribution in [0.4, 0.5) is 0 Å². The van der Waals surface area contributed by atoms with Crippen molar-refractivity contribution in [3.63, 3.8) is 0 Å². The minimum atomic E-state index is -1.43. The van der Waals surface area contributed by atoms with Gasteiger partial charge in [0.1, 0.15) is 0 Å². The number of hydrogen-bond donors (Lipinski definition) is 2. The Morgan fingerprint density at radius 2 is 1.71 bits per heavy atom. The van der Waals surface area contributed by atoms with Gasteiger partial charge in [-0.05, 0) is 47.8 Å². The Labute approximate surface area is 104 Å². The van der Waals surface area contributed by atoms with Crippen molar-refractivity contribution in [1.82, 2.24) is 0 Å². The highest BCUT2D eigenvalue weighted by molar-refractivity contribution is 5.18. The molecule has 5 atom stereocenters. The fraction of sp³-hybridized carbons (Fsp3) is 1.00. The molecule has 0 heterocycles. The molecule has 0 saturated heterocycles. The van der Waals surface area contributed by atoms with E-state index in [0.717, 1.165) is 5.92 Å². The Morgan fingerprint density at radius 1 is 1.06 bits per heavy atom. The molecule has 0 amide bonds. The third kappa shape index (κ3) is 1.24. The minimum absolute atomic E-state index is 0.0736. The van der Waals surface area contributed by atoms with E-state index in [9.17, 15) is 10.2 Å². The Hall–Kier alpha value is -0.0800. The molecule has 2 bridgehead atoms. The molecule has 1 spiro atoms. The lowest BCUT2D eigenvalue weighted by Gasteiger charge is -2.40. The standard InChI is InChI=1S/C15H26O2/c1-9-5-6-14-8-11(9)13(3,4)12(14)15(16,17)7-10(14)2/h9-12,16-17H,5-8H2,1-4H3/t9-,10-,11+,12+,14+/m1/s1. The molecule has 2 nitrogen and oxygen atoms in total. The van der Waals surface area contributed by atoms with Crippen LogP contribution in [0.1, 0.15) is 53.4 Å². The van der Waals surface area contributed by atoms with Crippen LogP contribution in [0, 0.1) is 34.5 Å². The fourth-order valence-corrected chi connectivity index (χ4v) is 6.18. The van der Waals surface area contributed by atoms with Gasteiger partial charge in [0.15, 0.2) is 5.79 Å². The summed E-state index contributed by atoms with van der Waals surface area (Å²) >= 11 is 0. The van der Waals surface area contributed by atoms with Gasteiger partial charge < -0.3 is 10.2 Å². The molecule has 3 fully saturated rings. The summed E-state index contributed by atoms with van der Waals surface area (Å²) < 4.78 is 0. The SMILES string of the molecule is C[C@@H]1CC[C@@]23C[C@@H]1C(C)(C)[C@@H]2C(O)(O)C[C@H]3C. The molecular formula is C15H26O2. The molecule has 3 saturated carbocycles. The zero-order valence-corrected chi connectivity index (χ0v) is 11.5. The maximum atomic E-state index is 10.5. The van der Waals surface area contributed by atoms with E-state index < -0.39 is 5.79 Å². The fourth-order valence-electron chi connectivity index (χ4n) is 6.18. The molecule has 3 rings (SSSR count). The van der Waals surface area contributed by atoms with Crippen LogP contribution >= 0.6 is 0 Å². The average molecular weight is 238 g/mol. The summed E-state index contributed by atoms with van der Waals surface area (Å²) in [4.78, 5) is 0. The van der Waals surface area contributed by atoms with Gasteiger partial charge in [-0.15, -0.1) is 0 Å². The van der Waals surface area contributed by atoms with E-state index >= 15 is 0 Å². The predicted octanol–water partition coefficient (Wildman–Crippen LogP) is 2.79. The van der Waals surface area contributed by atoms with Crippen LogP contribution in [0.5, 0.6) is 0 Å². The summed E-state index contributed by atoms with van der Waals surface area (Å²) in [5.41, 5.74) is 0.286. The minimum Gasteiger partial charge on any atom is -0.365 e. The summed E-state index contributed by atoms with van der Waals surface area (Å²) in [6, 6.07) is 0. The highest BCUT2D eigenvalue weighted by atomic mass is 16.5. The van der Waals surface area contributed by atoms with E-state index in [4.69, 9.17) is 0 Å². The number of fused-ring (bicyclic) bond motifs is 1. The first-order valence-electron chi connectivity index (χ1n) is 7.16. The second-order valence-corrected chi connectivity index (χ2v) is 7.80. The van der Waals surface area contributed by atoms with Gasteiger partial charge in [0.25, 0.3) is 0 Å². The van der Waals surface area contributed by atoms with Crippen LogP contribution < -0.4 is 0 Å². The van der Waals surface area contributed by atoms with Crippen molar-refractivity contribution in [1.29, 1.82) is 0 Å². The molecule has 0 radical (unpaired) electrons. The van der Waals surface area contributed by atoms with Crippen molar-refractivity contribution in [3.05, 3.63) is 0 Å². The van der Waals surface area contributed by atoms with E-state index in [0.29, 0.717) is 18.3 Å². The third-order valence-electron chi connectivity index (χ3n) is 6.68. The number of aliphatic hydroxyl groups is 2. The van der Waals surface area contributed by atoms with Gasteiger partial charge in [-0.1, -0.05) is 27.7 Å². The van der Waals surface area contributed by atoms with Gasteiger partial charge in [0, 0.05) is 12.3 Å². The molecule has 2 heteroatoms. The lowest BCUT2D eigenvalue weighted by molar-refractivity contribution is -0.216. The van der Waals surface area contributed by atoms with Crippen molar-refractivity contribution in [3.8, 4) is 0 Å². The Kier molecular flexibility index (Phi) is 2.17. The maximum Gasteiger partial charge on any atom is 0.166 e. The Morgan fingerprint density at radius 3 is 2.35 bits per heavy atom. The molecule has 2 N–H and O–H groups in total. The lowest BCUT2D eigenvalue weighted by Crippen LogP contribution is -2.44. The van der Waals surface area contributed by atoms with Crippen molar-refractivity contribution >= 4 is 0 Å². The van der Waals surface area contributed by atoms with Gasteiger partial charge in [-0.3, -0.25) is 0 Å². The molecule has 0 aromatic rings. The van der Waals surface area contributed by atoms with Crippen LogP contribution in [0.2, 0.25) is 0 Å². The molecule has 98 valence electrons. The van der Waals surface area contributed by atoms with Crippen molar-refractivity contribution in [2.24, 2.45) is 34.5 Å². The van der Waals surface area contributed by atoms with Gasteiger partial charge in [0.05, 0.1) is 0 Å². The van der Waals surface area contributed by atoms with E-state index in [2.05, 4.69) is 27.7 Å². The molecule has 0 aromatic carbocycles. The summed E-state index contributed by atoms with van der Waals surface area (Å²) in [6.45, 7) is 9.12. The summed E-state index contributed by atoms with van der Waals surface area (Å²) in [6.07, 6.45) is 4.26. The first-order chi connectivity index (χ1) is 7.72. The van der Waals surface area contributed by atoms with Gasteiger partial charge in [-0.2, -0.15) is 0 Å². The van der Waals surface area contributed by atoms with Crippen LogP contribution in [0.15, 0.2) is 0 Å². The van der Waals surface area contributed by atoms with Crippen molar-refractivity contribution < 1.29 is 10.2 Å². The van der Waals surface area contributed by atoms with Gasteiger partial charge >= 0.3 is 0 Å². The molecule has 17 heavy (non-hydrogen) atoms. The second-order valence-electron chi connectivity index (χ2n) is 7.80. The molecule has 3 aliphatic carbocycles. The number of rotatable bonds is 0. The molecular weight excluding hydrogens is 212 g/mol. The first kappa shape index (κ1) is 12.0. The van der Waals surface area contributed by atoms with E-state index in [1.54, 1.807) is 0 Å². The molecule has 3 aliphatic rings. The first-order valence-corrected chi connectivity index (χ1v) is 7.16. The van der Waals surface area contributed by atoms with E-state index in [-0.39, 0.29) is 16.7 Å². The molecule has 0 aromatic heterocycles. The monoisotopic (exact) mass is 238 g/mol. The highest BCUT2D eigenvalue weighted by Gasteiger charge is 2.72. The topological polar surface area (TPSA) is 40.5 Å². The van der Waals surface area contributed by atoms with Crippen LogP contribution in [0.25, 0.3) is 0 Å². The predicted molar refractivity (Wildman–Crippen MR) is 67.2 cm³/mol.